The summed E-state index contributed by atoms with van der Waals surface area (Å²) in [5.41, 5.74) is 0.878. The molecule has 0 unspecified atom stereocenters. The molecule has 11 heavy (non-hydrogen) atoms. The van der Waals surface area contributed by atoms with Gasteiger partial charge in [-0.1, -0.05) is 12.1 Å². The zero-order chi connectivity index (χ0) is 8.27. The molecule has 0 amide bonds. The predicted octanol–water partition coefficient (Wildman–Crippen LogP) is 1.34. The fourth-order valence-electron chi connectivity index (χ4n) is 0.841. The van der Waals surface area contributed by atoms with Crippen molar-refractivity contribution in [1.82, 2.24) is 0 Å². The molecule has 0 aliphatic carbocycles. The number of carbonyl (C=O) groups is 1. The topological polar surface area (TPSA) is 37.3 Å². The van der Waals surface area contributed by atoms with E-state index in [4.69, 9.17) is 5.11 Å². The summed E-state index contributed by atoms with van der Waals surface area (Å²) in [5, 5.41) is 8.89. The Kier molecular flexibility index (Phi) is 2.26. The third-order valence-electron chi connectivity index (χ3n) is 1.34. The molecule has 1 N–H and O–H groups in total. The zero-order valence-electron chi connectivity index (χ0n) is 6.08. The summed E-state index contributed by atoms with van der Waals surface area (Å²) in [7, 11) is 0. The normalized spacial score (nSPS) is 9.55. The summed E-state index contributed by atoms with van der Waals surface area (Å²) in [5.74, 6) is 0.0981. The molecule has 0 bridgehead atoms. The third kappa shape index (κ3) is 2.42. The van der Waals surface area contributed by atoms with Gasteiger partial charge in [0.05, 0.1) is 0 Å². The van der Waals surface area contributed by atoms with Crippen LogP contribution in [-0.4, -0.2) is 10.9 Å². The third-order valence-corrected chi connectivity index (χ3v) is 1.34. The Morgan fingerprint density at radius 1 is 1.36 bits per heavy atom. The maximum Gasteiger partial charge on any atom is 0.137 e. The SMILES string of the molecule is [CH2]C(=O)Cc1ccc(O)cc1. The molecule has 0 spiro atoms. The zero-order valence-corrected chi connectivity index (χ0v) is 6.08. The van der Waals surface area contributed by atoms with Gasteiger partial charge in [-0.3, -0.25) is 4.79 Å². The van der Waals surface area contributed by atoms with Crippen LogP contribution in [0.25, 0.3) is 0 Å². The average molecular weight is 149 g/mol. The second-order valence-electron chi connectivity index (χ2n) is 2.38. The quantitative estimate of drug-likeness (QED) is 0.688. The number of benzene rings is 1. The molecule has 2 nitrogen and oxygen atoms in total. The van der Waals surface area contributed by atoms with Gasteiger partial charge in [-0.05, 0) is 17.7 Å². The maximum atomic E-state index is 10.5. The number of Topliss-reactive ketones (excluding diaryl/α,β-unsaturated/α-hetero) is 1. The van der Waals surface area contributed by atoms with Gasteiger partial charge >= 0.3 is 0 Å². The molecule has 0 aromatic heterocycles. The van der Waals surface area contributed by atoms with Gasteiger partial charge < -0.3 is 5.11 Å². The van der Waals surface area contributed by atoms with Crippen LogP contribution >= 0.6 is 0 Å². The van der Waals surface area contributed by atoms with Crippen LogP contribution in [0.3, 0.4) is 0 Å². The Morgan fingerprint density at radius 2 is 1.91 bits per heavy atom. The number of rotatable bonds is 2. The van der Waals surface area contributed by atoms with E-state index in [1.165, 1.54) is 0 Å². The highest BCUT2D eigenvalue weighted by Crippen LogP contribution is 2.09. The van der Waals surface area contributed by atoms with Gasteiger partial charge in [0.1, 0.15) is 11.5 Å². The molecule has 0 aliphatic rings. The van der Waals surface area contributed by atoms with Crippen molar-refractivity contribution in [2.24, 2.45) is 0 Å². The summed E-state index contributed by atoms with van der Waals surface area (Å²) < 4.78 is 0. The van der Waals surface area contributed by atoms with Crippen LogP contribution in [-0.2, 0) is 11.2 Å². The minimum atomic E-state index is -0.115. The van der Waals surface area contributed by atoms with Crippen molar-refractivity contribution in [3.63, 3.8) is 0 Å². The van der Waals surface area contributed by atoms with Crippen LogP contribution in [0.2, 0.25) is 0 Å². The maximum absolute atomic E-state index is 10.5. The summed E-state index contributed by atoms with van der Waals surface area (Å²) in [6.45, 7) is 3.25. The minimum Gasteiger partial charge on any atom is -0.508 e. The van der Waals surface area contributed by atoms with Crippen molar-refractivity contribution in [2.75, 3.05) is 0 Å². The van der Waals surface area contributed by atoms with Gasteiger partial charge in [-0.25, -0.2) is 0 Å². The molecule has 1 aromatic carbocycles. The summed E-state index contributed by atoms with van der Waals surface area (Å²) in [6, 6.07) is 6.52. The summed E-state index contributed by atoms with van der Waals surface area (Å²) >= 11 is 0. The lowest BCUT2D eigenvalue weighted by atomic mass is 10.1. The molecule has 1 radical (unpaired) electrons. The lowest BCUT2D eigenvalue weighted by Gasteiger charge is -1.96. The van der Waals surface area contributed by atoms with Crippen molar-refractivity contribution in [3.05, 3.63) is 36.8 Å². The lowest BCUT2D eigenvalue weighted by Crippen LogP contribution is -1.95. The molecule has 0 heterocycles. The van der Waals surface area contributed by atoms with Crippen LogP contribution in [0.15, 0.2) is 24.3 Å². The Bertz CT molecular complexity index is 249. The second kappa shape index (κ2) is 3.19. The Labute approximate surface area is 65.5 Å². The van der Waals surface area contributed by atoms with Gasteiger partial charge in [0, 0.05) is 13.3 Å². The van der Waals surface area contributed by atoms with Gasteiger partial charge in [-0.2, -0.15) is 0 Å². The Morgan fingerprint density at radius 3 is 2.36 bits per heavy atom. The molecule has 0 saturated carbocycles. The molecule has 57 valence electrons. The van der Waals surface area contributed by atoms with Crippen molar-refractivity contribution in [3.8, 4) is 5.75 Å². The van der Waals surface area contributed by atoms with E-state index in [0.717, 1.165) is 5.56 Å². The Balaban J connectivity index is 2.74. The molecule has 2 heteroatoms. The van der Waals surface area contributed by atoms with E-state index in [9.17, 15) is 4.79 Å². The van der Waals surface area contributed by atoms with Crippen LogP contribution in [0.1, 0.15) is 5.56 Å². The number of phenols is 1. The van der Waals surface area contributed by atoms with Gasteiger partial charge in [0.2, 0.25) is 0 Å². The van der Waals surface area contributed by atoms with Crippen molar-refractivity contribution >= 4 is 5.78 Å². The molecule has 0 atom stereocenters. The number of hydrogen-bond donors (Lipinski definition) is 1. The fraction of sp³-hybridized carbons (Fsp3) is 0.111. The second-order valence-corrected chi connectivity index (χ2v) is 2.38. The van der Waals surface area contributed by atoms with Gasteiger partial charge in [0.15, 0.2) is 0 Å². The number of ketones is 1. The van der Waals surface area contributed by atoms with Crippen molar-refractivity contribution in [2.45, 2.75) is 6.42 Å². The van der Waals surface area contributed by atoms with Crippen molar-refractivity contribution < 1.29 is 9.90 Å². The monoisotopic (exact) mass is 149 g/mol. The van der Waals surface area contributed by atoms with Crippen LogP contribution in [0.4, 0.5) is 0 Å². The molecule has 1 rings (SSSR count). The van der Waals surface area contributed by atoms with E-state index >= 15 is 0 Å². The van der Waals surface area contributed by atoms with E-state index in [1.807, 2.05) is 0 Å². The van der Waals surface area contributed by atoms with E-state index in [0.29, 0.717) is 6.42 Å². The first-order chi connectivity index (χ1) is 5.18. The molecule has 0 saturated heterocycles. The van der Waals surface area contributed by atoms with E-state index in [2.05, 4.69) is 6.92 Å². The number of phenolic OH excluding ortho intramolecular Hbond substituents is 1. The first-order valence-electron chi connectivity index (χ1n) is 3.31. The van der Waals surface area contributed by atoms with E-state index in [1.54, 1.807) is 24.3 Å². The summed E-state index contributed by atoms with van der Waals surface area (Å²) in [4.78, 5) is 10.5. The molecular weight excluding hydrogens is 140 g/mol. The first-order valence-corrected chi connectivity index (χ1v) is 3.31. The fourth-order valence-corrected chi connectivity index (χ4v) is 0.841. The summed E-state index contributed by atoms with van der Waals surface area (Å²) in [6.07, 6.45) is 0.334. The van der Waals surface area contributed by atoms with Gasteiger partial charge in [-0.15, -0.1) is 0 Å². The van der Waals surface area contributed by atoms with Crippen molar-refractivity contribution in [1.29, 1.82) is 0 Å². The highest BCUT2D eigenvalue weighted by Gasteiger charge is 1.96. The van der Waals surface area contributed by atoms with E-state index < -0.39 is 0 Å². The van der Waals surface area contributed by atoms with Crippen LogP contribution in [0.5, 0.6) is 5.75 Å². The van der Waals surface area contributed by atoms with E-state index in [-0.39, 0.29) is 11.5 Å². The van der Waals surface area contributed by atoms with Crippen LogP contribution in [0, 0.1) is 6.92 Å². The standard InChI is InChI=1S/C9H9O2/c1-7(10)6-8-2-4-9(11)5-3-8/h2-5,11H,1,6H2. The predicted molar refractivity (Wildman–Crippen MR) is 42.2 cm³/mol. The average Bonchev–Trinajstić information content (AvgIpc) is 1.93. The molecule has 1 aromatic rings. The highest BCUT2D eigenvalue weighted by atomic mass is 16.3. The smallest absolute Gasteiger partial charge is 0.137 e. The Hall–Kier alpha value is -1.31. The first kappa shape index (κ1) is 7.79. The lowest BCUT2D eigenvalue weighted by molar-refractivity contribution is -0.114. The number of hydrogen-bond acceptors (Lipinski definition) is 2. The number of carbonyl (C=O) groups excluding carboxylic acids is 1. The van der Waals surface area contributed by atoms with Crippen LogP contribution < -0.4 is 0 Å². The molecule has 0 fully saturated rings. The van der Waals surface area contributed by atoms with Gasteiger partial charge in [0.25, 0.3) is 0 Å². The molecular formula is C9H9O2. The minimum absolute atomic E-state index is 0.115. The highest BCUT2D eigenvalue weighted by molar-refractivity contribution is 5.84. The number of aromatic hydroxyl groups is 1. The largest absolute Gasteiger partial charge is 0.508 e. The molecule has 0 aliphatic heterocycles.